The summed E-state index contributed by atoms with van der Waals surface area (Å²) in [4.78, 5) is 9.21. The van der Waals surface area contributed by atoms with Crippen molar-refractivity contribution in [1.82, 2.24) is 9.71 Å². The van der Waals surface area contributed by atoms with Crippen molar-refractivity contribution in [3.05, 3.63) is 18.7 Å². The molecule has 0 aliphatic heterocycles. The van der Waals surface area contributed by atoms with Crippen LogP contribution in [0.25, 0.3) is 0 Å². The Hall–Kier alpha value is -0.990. The van der Waals surface area contributed by atoms with Crippen molar-refractivity contribution >= 4 is 0 Å². The van der Waals surface area contributed by atoms with Crippen molar-refractivity contribution < 1.29 is 4.84 Å². The van der Waals surface area contributed by atoms with Crippen LogP contribution in [0, 0.1) is 0 Å². The zero-order chi connectivity index (χ0) is 7.40. The topological polar surface area (TPSA) is 27.1 Å². The number of hydrogen-bond acceptors (Lipinski definition) is 2. The summed E-state index contributed by atoms with van der Waals surface area (Å²) >= 11 is 0. The van der Waals surface area contributed by atoms with Crippen molar-refractivity contribution in [2.75, 3.05) is 0 Å². The predicted molar refractivity (Wildman–Crippen MR) is 38.6 cm³/mol. The van der Waals surface area contributed by atoms with E-state index in [0.29, 0.717) is 0 Å². The van der Waals surface area contributed by atoms with Gasteiger partial charge in [-0.25, -0.2) is 4.98 Å². The van der Waals surface area contributed by atoms with Crippen LogP contribution in [-0.4, -0.2) is 15.8 Å². The SMILES string of the molecule is CCC(C)On1ccnc1. The van der Waals surface area contributed by atoms with E-state index in [1.54, 1.807) is 23.5 Å². The largest absolute Gasteiger partial charge is 0.410 e. The quantitative estimate of drug-likeness (QED) is 0.628. The second-order valence-corrected chi connectivity index (χ2v) is 2.25. The minimum atomic E-state index is 0.259. The third-order valence-corrected chi connectivity index (χ3v) is 1.36. The van der Waals surface area contributed by atoms with E-state index in [1.165, 1.54) is 0 Å². The Balaban J connectivity index is 2.40. The van der Waals surface area contributed by atoms with E-state index in [0.717, 1.165) is 6.42 Å². The monoisotopic (exact) mass is 140 g/mol. The summed E-state index contributed by atoms with van der Waals surface area (Å²) in [7, 11) is 0. The maximum Gasteiger partial charge on any atom is 0.131 e. The molecule has 56 valence electrons. The number of imidazole rings is 1. The van der Waals surface area contributed by atoms with Crippen LogP contribution >= 0.6 is 0 Å². The fourth-order valence-electron chi connectivity index (χ4n) is 0.592. The molecular weight excluding hydrogens is 128 g/mol. The molecule has 0 bridgehead atoms. The summed E-state index contributed by atoms with van der Waals surface area (Å²) in [6.07, 6.45) is 6.40. The average Bonchev–Trinajstić information content (AvgIpc) is 2.40. The minimum Gasteiger partial charge on any atom is -0.410 e. The van der Waals surface area contributed by atoms with Crippen LogP contribution in [0.15, 0.2) is 18.7 Å². The van der Waals surface area contributed by atoms with Gasteiger partial charge in [0.2, 0.25) is 0 Å². The molecule has 0 fully saturated rings. The van der Waals surface area contributed by atoms with Gasteiger partial charge in [0, 0.05) is 6.20 Å². The van der Waals surface area contributed by atoms with Crippen LogP contribution in [0.5, 0.6) is 0 Å². The molecule has 1 aromatic heterocycles. The van der Waals surface area contributed by atoms with Gasteiger partial charge in [-0.2, -0.15) is 4.73 Å². The highest BCUT2D eigenvalue weighted by Crippen LogP contribution is 1.91. The van der Waals surface area contributed by atoms with Crippen molar-refractivity contribution in [1.29, 1.82) is 0 Å². The molecule has 1 atom stereocenters. The molecule has 0 spiro atoms. The average molecular weight is 140 g/mol. The Morgan fingerprint density at radius 1 is 1.70 bits per heavy atom. The van der Waals surface area contributed by atoms with Gasteiger partial charge < -0.3 is 4.84 Å². The molecule has 0 saturated heterocycles. The van der Waals surface area contributed by atoms with Gasteiger partial charge in [0.15, 0.2) is 0 Å². The molecule has 1 rings (SSSR count). The number of rotatable bonds is 3. The Kier molecular flexibility index (Phi) is 2.31. The summed E-state index contributed by atoms with van der Waals surface area (Å²) < 4.78 is 1.62. The van der Waals surface area contributed by atoms with E-state index in [1.807, 2.05) is 6.92 Å². The molecule has 3 heteroatoms. The van der Waals surface area contributed by atoms with Crippen LogP contribution in [0.3, 0.4) is 0 Å². The lowest BCUT2D eigenvalue weighted by molar-refractivity contribution is 0.0459. The molecule has 0 amide bonds. The second kappa shape index (κ2) is 3.25. The van der Waals surface area contributed by atoms with Gasteiger partial charge >= 0.3 is 0 Å². The van der Waals surface area contributed by atoms with Crippen molar-refractivity contribution in [3.8, 4) is 0 Å². The molecule has 1 aromatic rings. The molecule has 0 aromatic carbocycles. The molecule has 1 unspecified atom stereocenters. The van der Waals surface area contributed by atoms with Gasteiger partial charge in [-0.15, -0.1) is 0 Å². The van der Waals surface area contributed by atoms with Crippen LogP contribution in [0.1, 0.15) is 20.3 Å². The smallest absolute Gasteiger partial charge is 0.131 e. The Morgan fingerprint density at radius 3 is 3.00 bits per heavy atom. The highest BCUT2D eigenvalue weighted by Gasteiger charge is 1.97. The van der Waals surface area contributed by atoms with Crippen molar-refractivity contribution in [3.63, 3.8) is 0 Å². The predicted octanol–water partition coefficient (Wildman–Crippen LogP) is 1.11. The summed E-state index contributed by atoms with van der Waals surface area (Å²) in [5.41, 5.74) is 0. The van der Waals surface area contributed by atoms with E-state index in [2.05, 4.69) is 11.9 Å². The number of nitrogens with zero attached hydrogens (tertiary/aromatic N) is 2. The summed E-state index contributed by atoms with van der Waals surface area (Å²) in [5, 5.41) is 0. The number of aromatic nitrogens is 2. The maximum atomic E-state index is 5.36. The van der Waals surface area contributed by atoms with Crippen LogP contribution in [0.4, 0.5) is 0 Å². The van der Waals surface area contributed by atoms with Gasteiger partial charge in [-0.3, -0.25) is 0 Å². The molecule has 0 aliphatic carbocycles. The first-order chi connectivity index (χ1) is 4.83. The van der Waals surface area contributed by atoms with Crippen LogP contribution < -0.4 is 4.84 Å². The van der Waals surface area contributed by atoms with Gasteiger partial charge in [0.05, 0.1) is 6.20 Å². The van der Waals surface area contributed by atoms with E-state index in [4.69, 9.17) is 4.84 Å². The zero-order valence-corrected chi connectivity index (χ0v) is 6.32. The summed E-state index contributed by atoms with van der Waals surface area (Å²) in [5.74, 6) is 0. The molecule has 0 radical (unpaired) electrons. The van der Waals surface area contributed by atoms with Gasteiger partial charge in [-0.05, 0) is 13.3 Å². The molecule has 10 heavy (non-hydrogen) atoms. The van der Waals surface area contributed by atoms with Crippen molar-refractivity contribution in [2.45, 2.75) is 26.4 Å². The molecular formula is C7H12N2O. The van der Waals surface area contributed by atoms with Gasteiger partial charge in [0.1, 0.15) is 12.4 Å². The van der Waals surface area contributed by atoms with Crippen LogP contribution in [0.2, 0.25) is 0 Å². The Morgan fingerprint density at radius 2 is 2.50 bits per heavy atom. The van der Waals surface area contributed by atoms with E-state index in [-0.39, 0.29) is 6.10 Å². The summed E-state index contributed by atoms with van der Waals surface area (Å²) in [6.45, 7) is 4.11. The lowest BCUT2D eigenvalue weighted by Gasteiger charge is -2.10. The lowest BCUT2D eigenvalue weighted by Crippen LogP contribution is -2.19. The standard InChI is InChI=1S/C7H12N2O/c1-3-7(2)10-9-5-4-8-6-9/h4-7H,3H2,1-2H3. The Bertz CT molecular complexity index is 172. The minimum absolute atomic E-state index is 0.259. The van der Waals surface area contributed by atoms with Crippen molar-refractivity contribution in [2.24, 2.45) is 0 Å². The molecule has 1 heterocycles. The normalized spacial score (nSPS) is 13.0. The maximum absolute atomic E-state index is 5.36. The number of hydrogen-bond donors (Lipinski definition) is 0. The van der Waals surface area contributed by atoms with E-state index in [9.17, 15) is 0 Å². The lowest BCUT2D eigenvalue weighted by atomic mass is 10.3. The van der Waals surface area contributed by atoms with Gasteiger partial charge in [0.25, 0.3) is 0 Å². The van der Waals surface area contributed by atoms with E-state index >= 15 is 0 Å². The summed E-state index contributed by atoms with van der Waals surface area (Å²) in [6, 6.07) is 0. The first kappa shape index (κ1) is 7.12. The molecule has 0 aliphatic rings. The second-order valence-electron chi connectivity index (χ2n) is 2.25. The highest BCUT2D eigenvalue weighted by atomic mass is 16.7. The third-order valence-electron chi connectivity index (χ3n) is 1.36. The molecule has 0 N–H and O–H groups in total. The first-order valence-corrected chi connectivity index (χ1v) is 3.48. The Labute approximate surface area is 60.6 Å². The van der Waals surface area contributed by atoms with E-state index < -0.39 is 0 Å². The third kappa shape index (κ3) is 1.76. The van der Waals surface area contributed by atoms with Crippen LogP contribution in [-0.2, 0) is 0 Å². The molecule has 0 saturated carbocycles. The molecule has 3 nitrogen and oxygen atoms in total. The fourth-order valence-corrected chi connectivity index (χ4v) is 0.592. The highest BCUT2D eigenvalue weighted by molar-refractivity contribution is 4.70. The zero-order valence-electron chi connectivity index (χ0n) is 6.32. The fraction of sp³-hybridized carbons (Fsp3) is 0.571. The van der Waals surface area contributed by atoms with Gasteiger partial charge in [-0.1, -0.05) is 6.92 Å². The first-order valence-electron chi connectivity index (χ1n) is 3.48.